The van der Waals surface area contributed by atoms with E-state index >= 15 is 0 Å². The van der Waals surface area contributed by atoms with Crippen LogP contribution in [0.15, 0.2) is 45.3 Å². The van der Waals surface area contributed by atoms with Gasteiger partial charge < -0.3 is 9.47 Å². The molecule has 2 rings (SSSR count). The lowest BCUT2D eigenvalue weighted by atomic mass is 10.2. The smallest absolute Gasteiger partial charge is 0.276 e. The zero-order valence-electron chi connectivity index (χ0n) is 19.2. The molecule has 0 fully saturated rings. The Balaban J connectivity index is 1.55. The topological polar surface area (TPSA) is 135 Å². The number of rotatable bonds is 10. The molecule has 2 aromatic carbocycles. The molecule has 0 saturated carbocycles. The Morgan fingerprint density at radius 2 is 1.03 bits per heavy atom. The highest BCUT2D eigenvalue weighted by molar-refractivity contribution is 9.10. The first-order valence-corrected chi connectivity index (χ1v) is 12.2. The standard InChI is InChI=1S/C23H26Br2N4O6/c1-14-6-8-18(16(24)10-14)34-12-22(32)28-26-20(30)4-3-5-21(31)27-29-23(33)13-35-19-9-7-15(2)11-17(19)25/h6-11H,3-5,12-13H2,1-2H3,(H,26,30)(H,27,31)(H,28,32)(H,29,33). The van der Waals surface area contributed by atoms with Crippen molar-refractivity contribution in [3.8, 4) is 11.5 Å². The van der Waals surface area contributed by atoms with E-state index in [9.17, 15) is 19.2 Å². The summed E-state index contributed by atoms with van der Waals surface area (Å²) in [5.41, 5.74) is 11.1. The molecule has 0 aliphatic rings. The van der Waals surface area contributed by atoms with E-state index in [1.54, 1.807) is 12.1 Å². The lowest BCUT2D eigenvalue weighted by Gasteiger charge is -2.11. The Morgan fingerprint density at radius 3 is 1.40 bits per heavy atom. The minimum Gasteiger partial charge on any atom is -0.483 e. The SMILES string of the molecule is Cc1ccc(OCC(=O)NNC(=O)CCCC(=O)NNC(=O)COc2ccc(C)cc2Br)c(Br)c1. The summed E-state index contributed by atoms with van der Waals surface area (Å²) < 4.78 is 12.2. The zero-order chi connectivity index (χ0) is 25.8. The third-order valence-electron chi connectivity index (χ3n) is 4.38. The fourth-order valence-corrected chi connectivity index (χ4v) is 3.83. The molecule has 4 amide bonds. The van der Waals surface area contributed by atoms with E-state index in [2.05, 4.69) is 53.6 Å². The number of nitrogens with one attached hydrogen (secondary N) is 4. The summed E-state index contributed by atoms with van der Waals surface area (Å²) in [6, 6.07) is 10.9. The van der Waals surface area contributed by atoms with Gasteiger partial charge in [-0.2, -0.15) is 0 Å². The van der Waals surface area contributed by atoms with Crippen LogP contribution in [0.25, 0.3) is 0 Å². The highest BCUT2D eigenvalue weighted by Gasteiger charge is 2.10. The van der Waals surface area contributed by atoms with Crippen LogP contribution in [0, 0.1) is 13.8 Å². The third-order valence-corrected chi connectivity index (χ3v) is 5.62. The molecule has 0 unspecified atom stereocenters. The van der Waals surface area contributed by atoms with Gasteiger partial charge in [0, 0.05) is 12.8 Å². The largest absolute Gasteiger partial charge is 0.483 e. The number of carbonyl (C=O) groups excluding carboxylic acids is 4. The first-order valence-electron chi connectivity index (χ1n) is 10.6. The molecule has 0 spiro atoms. The third kappa shape index (κ3) is 10.8. The van der Waals surface area contributed by atoms with Crippen molar-refractivity contribution in [2.24, 2.45) is 0 Å². The maximum absolute atomic E-state index is 11.8. The van der Waals surface area contributed by atoms with Gasteiger partial charge >= 0.3 is 0 Å². The van der Waals surface area contributed by atoms with Crippen molar-refractivity contribution in [2.75, 3.05) is 13.2 Å². The molecule has 4 N–H and O–H groups in total. The average Bonchev–Trinajstić information content (AvgIpc) is 2.80. The van der Waals surface area contributed by atoms with Crippen molar-refractivity contribution < 1.29 is 28.7 Å². The summed E-state index contributed by atoms with van der Waals surface area (Å²) in [4.78, 5) is 47.3. The summed E-state index contributed by atoms with van der Waals surface area (Å²) in [6.45, 7) is 3.29. The van der Waals surface area contributed by atoms with Gasteiger partial charge in [0.25, 0.3) is 11.8 Å². The Labute approximate surface area is 219 Å². The first kappa shape index (κ1) is 28.1. The quantitative estimate of drug-likeness (QED) is 0.304. The van der Waals surface area contributed by atoms with Gasteiger partial charge in [0.05, 0.1) is 8.95 Å². The van der Waals surface area contributed by atoms with Crippen LogP contribution in [-0.4, -0.2) is 36.8 Å². The van der Waals surface area contributed by atoms with E-state index in [0.29, 0.717) is 11.5 Å². The van der Waals surface area contributed by atoms with Crippen molar-refractivity contribution in [1.29, 1.82) is 0 Å². The second-order valence-electron chi connectivity index (χ2n) is 7.49. The average molecular weight is 614 g/mol. The summed E-state index contributed by atoms with van der Waals surface area (Å²) in [5.74, 6) is -1.00. The van der Waals surface area contributed by atoms with Crippen LogP contribution in [0.2, 0.25) is 0 Å². The molecule has 2 aromatic rings. The molecule has 10 nitrogen and oxygen atoms in total. The molecule has 0 radical (unpaired) electrons. The van der Waals surface area contributed by atoms with Crippen LogP contribution in [0.5, 0.6) is 11.5 Å². The van der Waals surface area contributed by atoms with Gasteiger partial charge in [0.2, 0.25) is 11.8 Å². The molecule has 188 valence electrons. The predicted molar refractivity (Wildman–Crippen MR) is 135 cm³/mol. The fraction of sp³-hybridized carbons (Fsp3) is 0.304. The normalized spacial score (nSPS) is 10.2. The van der Waals surface area contributed by atoms with Gasteiger partial charge in [0.1, 0.15) is 11.5 Å². The van der Waals surface area contributed by atoms with Crippen molar-refractivity contribution in [3.05, 3.63) is 56.5 Å². The molecule has 0 heterocycles. The Hall–Kier alpha value is -3.12. The van der Waals surface area contributed by atoms with Crippen molar-refractivity contribution in [1.82, 2.24) is 21.7 Å². The molecule has 0 aromatic heterocycles. The minimum atomic E-state index is -0.536. The Kier molecular flexibility index (Phi) is 11.5. The lowest BCUT2D eigenvalue weighted by molar-refractivity contribution is -0.131. The number of hydrogen-bond acceptors (Lipinski definition) is 6. The van der Waals surface area contributed by atoms with E-state index in [1.807, 2.05) is 38.1 Å². The molecule has 0 aliphatic carbocycles. The molecule has 0 saturated heterocycles. The van der Waals surface area contributed by atoms with E-state index in [0.717, 1.165) is 20.1 Å². The number of amides is 4. The van der Waals surface area contributed by atoms with E-state index in [4.69, 9.17) is 9.47 Å². The van der Waals surface area contributed by atoms with E-state index in [-0.39, 0.29) is 32.5 Å². The van der Waals surface area contributed by atoms with Gasteiger partial charge in [-0.1, -0.05) is 12.1 Å². The summed E-state index contributed by atoms with van der Waals surface area (Å²) in [7, 11) is 0. The number of hydrogen-bond donors (Lipinski definition) is 4. The summed E-state index contributed by atoms with van der Waals surface area (Å²) >= 11 is 6.70. The molecular formula is C23H26Br2N4O6. The second kappa shape index (κ2) is 14.3. The highest BCUT2D eigenvalue weighted by Crippen LogP contribution is 2.26. The van der Waals surface area contributed by atoms with Crippen molar-refractivity contribution in [2.45, 2.75) is 33.1 Å². The minimum absolute atomic E-state index is 0.00340. The number of carbonyl (C=O) groups is 4. The predicted octanol–water partition coefficient (Wildman–Crippen LogP) is 2.75. The Bertz CT molecular complexity index is 996. The number of ether oxygens (including phenoxy) is 2. The van der Waals surface area contributed by atoms with Gasteiger partial charge in [0.15, 0.2) is 13.2 Å². The highest BCUT2D eigenvalue weighted by atomic mass is 79.9. The maximum Gasteiger partial charge on any atom is 0.276 e. The van der Waals surface area contributed by atoms with E-state index < -0.39 is 23.6 Å². The van der Waals surface area contributed by atoms with Gasteiger partial charge in [-0.05, 0) is 87.5 Å². The van der Waals surface area contributed by atoms with Crippen molar-refractivity contribution in [3.63, 3.8) is 0 Å². The molecule has 0 aliphatic heterocycles. The summed E-state index contributed by atoms with van der Waals surface area (Å²) in [5, 5.41) is 0. The van der Waals surface area contributed by atoms with Crippen LogP contribution in [-0.2, 0) is 19.2 Å². The van der Waals surface area contributed by atoms with Crippen LogP contribution in [0.3, 0.4) is 0 Å². The van der Waals surface area contributed by atoms with Gasteiger partial charge in [-0.3, -0.25) is 40.9 Å². The van der Waals surface area contributed by atoms with Crippen LogP contribution in [0.4, 0.5) is 0 Å². The number of halogens is 2. The van der Waals surface area contributed by atoms with Crippen LogP contribution in [0.1, 0.15) is 30.4 Å². The van der Waals surface area contributed by atoms with Gasteiger partial charge in [-0.25, -0.2) is 0 Å². The Morgan fingerprint density at radius 1 is 0.657 bits per heavy atom. The monoisotopic (exact) mass is 612 g/mol. The summed E-state index contributed by atoms with van der Waals surface area (Å²) in [6.07, 6.45) is 0.205. The van der Waals surface area contributed by atoms with Crippen LogP contribution < -0.4 is 31.2 Å². The number of benzene rings is 2. The molecule has 0 atom stereocenters. The molecule has 0 bridgehead atoms. The molecule has 12 heteroatoms. The second-order valence-corrected chi connectivity index (χ2v) is 9.20. The van der Waals surface area contributed by atoms with Gasteiger partial charge in [-0.15, -0.1) is 0 Å². The maximum atomic E-state index is 11.8. The van der Waals surface area contributed by atoms with Crippen LogP contribution >= 0.6 is 31.9 Å². The first-order chi connectivity index (χ1) is 16.6. The molecule has 35 heavy (non-hydrogen) atoms. The lowest BCUT2D eigenvalue weighted by Crippen LogP contribution is -2.44. The van der Waals surface area contributed by atoms with Crippen molar-refractivity contribution >= 4 is 55.5 Å². The number of aryl methyl sites for hydroxylation is 2. The fourth-order valence-electron chi connectivity index (χ4n) is 2.62. The van der Waals surface area contributed by atoms with E-state index in [1.165, 1.54) is 0 Å². The molecular weight excluding hydrogens is 588 g/mol. The number of hydrazine groups is 2. The zero-order valence-corrected chi connectivity index (χ0v) is 22.4.